The molecular weight excluding hydrogens is 200 g/mol. The maximum absolute atomic E-state index is 9.96. The van der Waals surface area contributed by atoms with Crippen LogP contribution in [-0.4, -0.2) is 53.7 Å². The van der Waals surface area contributed by atoms with Gasteiger partial charge in [0.25, 0.3) is 0 Å². The molecular formula is C10H22O5. The summed E-state index contributed by atoms with van der Waals surface area (Å²) in [6, 6.07) is 0. The number of methoxy groups -OCH3 is 3. The molecule has 0 aromatic rings. The maximum atomic E-state index is 9.96. The molecule has 0 spiro atoms. The van der Waals surface area contributed by atoms with Crippen molar-refractivity contribution in [3.8, 4) is 0 Å². The molecule has 0 saturated heterocycles. The van der Waals surface area contributed by atoms with Crippen LogP contribution < -0.4 is 0 Å². The van der Waals surface area contributed by atoms with Crippen LogP contribution >= 0.6 is 0 Å². The van der Waals surface area contributed by atoms with Crippen LogP contribution in [0.3, 0.4) is 0 Å². The minimum atomic E-state index is -0.157. The minimum absolute atomic E-state index is 0.157. The van der Waals surface area contributed by atoms with Gasteiger partial charge in [-0.3, -0.25) is 4.79 Å². The third kappa shape index (κ3) is 19.7. The summed E-state index contributed by atoms with van der Waals surface area (Å²) in [5.41, 5.74) is 0. The van der Waals surface area contributed by atoms with Crippen molar-refractivity contribution in [3.63, 3.8) is 0 Å². The van der Waals surface area contributed by atoms with Gasteiger partial charge in [-0.2, -0.15) is 0 Å². The molecule has 15 heavy (non-hydrogen) atoms. The van der Waals surface area contributed by atoms with E-state index < -0.39 is 0 Å². The first-order valence-electron chi connectivity index (χ1n) is 4.85. The number of carbonyl (C=O) groups excluding carboxylic acids is 1. The SMILES string of the molecule is CCC(=O)OC.COCCOCCOC. The lowest BCUT2D eigenvalue weighted by Gasteiger charge is -2.00. The van der Waals surface area contributed by atoms with Gasteiger partial charge in [-0.25, -0.2) is 0 Å². The van der Waals surface area contributed by atoms with Crippen LogP contribution in [-0.2, 0) is 23.7 Å². The lowest BCUT2D eigenvalue weighted by atomic mass is 10.5. The van der Waals surface area contributed by atoms with Gasteiger partial charge >= 0.3 is 5.97 Å². The zero-order chi connectivity index (χ0) is 11.9. The number of hydrogen-bond acceptors (Lipinski definition) is 5. The Morgan fingerprint density at radius 2 is 1.40 bits per heavy atom. The van der Waals surface area contributed by atoms with Crippen LogP contribution in [0.1, 0.15) is 13.3 Å². The van der Waals surface area contributed by atoms with Gasteiger partial charge in [0.2, 0.25) is 0 Å². The highest BCUT2D eigenvalue weighted by molar-refractivity contribution is 5.68. The second-order valence-corrected chi connectivity index (χ2v) is 2.53. The van der Waals surface area contributed by atoms with Crippen molar-refractivity contribution in [2.75, 3.05) is 47.8 Å². The minimum Gasteiger partial charge on any atom is -0.469 e. The molecule has 0 fully saturated rings. The molecule has 0 rings (SSSR count). The largest absolute Gasteiger partial charge is 0.469 e. The molecule has 0 N–H and O–H groups in total. The summed E-state index contributed by atoms with van der Waals surface area (Å²) in [5, 5.41) is 0. The highest BCUT2D eigenvalue weighted by Crippen LogP contribution is 1.76. The molecule has 0 aromatic heterocycles. The van der Waals surface area contributed by atoms with E-state index >= 15 is 0 Å². The predicted molar refractivity (Wildman–Crippen MR) is 56.9 cm³/mol. The lowest BCUT2D eigenvalue weighted by Crippen LogP contribution is -2.06. The fraction of sp³-hybridized carbons (Fsp3) is 0.900. The van der Waals surface area contributed by atoms with Gasteiger partial charge in [0.05, 0.1) is 33.5 Å². The summed E-state index contributed by atoms with van der Waals surface area (Å²) in [7, 11) is 4.69. The first kappa shape index (κ1) is 16.8. The van der Waals surface area contributed by atoms with Gasteiger partial charge in [0.1, 0.15) is 0 Å². The van der Waals surface area contributed by atoms with E-state index in [1.165, 1.54) is 7.11 Å². The number of esters is 1. The normalized spacial score (nSPS) is 9.07. The smallest absolute Gasteiger partial charge is 0.305 e. The van der Waals surface area contributed by atoms with Crippen molar-refractivity contribution < 1.29 is 23.7 Å². The Hall–Kier alpha value is -0.650. The average molecular weight is 222 g/mol. The average Bonchev–Trinajstić information content (AvgIpc) is 2.29. The Balaban J connectivity index is 0. The molecule has 0 aliphatic carbocycles. The van der Waals surface area contributed by atoms with Crippen molar-refractivity contribution >= 4 is 5.97 Å². The van der Waals surface area contributed by atoms with Crippen molar-refractivity contribution in [3.05, 3.63) is 0 Å². The van der Waals surface area contributed by atoms with Gasteiger partial charge in [-0.05, 0) is 0 Å². The van der Waals surface area contributed by atoms with E-state index in [0.717, 1.165) is 0 Å². The van der Waals surface area contributed by atoms with E-state index in [2.05, 4.69) is 4.74 Å². The molecule has 0 bridgehead atoms. The molecule has 0 aliphatic rings. The number of rotatable bonds is 7. The molecule has 92 valence electrons. The van der Waals surface area contributed by atoms with Crippen LogP contribution in [0.25, 0.3) is 0 Å². The Bertz CT molecular complexity index is 115. The van der Waals surface area contributed by atoms with Gasteiger partial charge in [0.15, 0.2) is 0 Å². The summed E-state index contributed by atoms with van der Waals surface area (Å²) in [4.78, 5) is 9.96. The van der Waals surface area contributed by atoms with Crippen LogP contribution in [0.4, 0.5) is 0 Å². The Morgan fingerprint density at radius 1 is 0.933 bits per heavy atom. The second kappa shape index (κ2) is 15.8. The summed E-state index contributed by atoms with van der Waals surface area (Å²) in [6.07, 6.45) is 0.469. The van der Waals surface area contributed by atoms with E-state index in [1.807, 2.05) is 0 Å². The summed E-state index contributed by atoms with van der Waals surface area (Å²) in [5.74, 6) is -0.157. The van der Waals surface area contributed by atoms with E-state index in [1.54, 1.807) is 21.1 Å². The quantitative estimate of drug-likeness (QED) is 0.472. The van der Waals surface area contributed by atoms with E-state index in [-0.39, 0.29) is 5.97 Å². The molecule has 5 nitrogen and oxygen atoms in total. The van der Waals surface area contributed by atoms with Gasteiger partial charge in [-0.15, -0.1) is 0 Å². The third-order valence-electron chi connectivity index (χ3n) is 1.38. The molecule has 5 heteroatoms. The molecule has 0 radical (unpaired) electrons. The summed E-state index contributed by atoms with van der Waals surface area (Å²) < 4.78 is 18.8. The highest BCUT2D eigenvalue weighted by Gasteiger charge is 1.87. The zero-order valence-electron chi connectivity index (χ0n) is 10.1. The lowest BCUT2D eigenvalue weighted by molar-refractivity contribution is -0.140. The van der Waals surface area contributed by atoms with Gasteiger partial charge in [0, 0.05) is 20.6 Å². The molecule has 0 atom stereocenters. The molecule has 0 aliphatic heterocycles. The predicted octanol–water partition coefficient (Wildman–Crippen LogP) is 0.865. The zero-order valence-corrected chi connectivity index (χ0v) is 10.1. The fourth-order valence-corrected chi connectivity index (χ4v) is 0.531. The van der Waals surface area contributed by atoms with Crippen molar-refractivity contribution in [1.82, 2.24) is 0 Å². The maximum Gasteiger partial charge on any atom is 0.305 e. The van der Waals surface area contributed by atoms with Gasteiger partial charge < -0.3 is 18.9 Å². The molecule has 0 unspecified atom stereocenters. The second-order valence-electron chi connectivity index (χ2n) is 2.53. The topological polar surface area (TPSA) is 54.0 Å². The number of carbonyl (C=O) groups is 1. The first-order valence-corrected chi connectivity index (χ1v) is 4.85. The molecule has 0 amide bonds. The van der Waals surface area contributed by atoms with E-state index in [0.29, 0.717) is 32.8 Å². The van der Waals surface area contributed by atoms with E-state index in [9.17, 15) is 4.79 Å². The summed E-state index contributed by atoms with van der Waals surface area (Å²) in [6.45, 7) is 4.37. The van der Waals surface area contributed by atoms with E-state index in [4.69, 9.17) is 14.2 Å². The fourth-order valence-electron chi connectivity index (χ4n) is 0.531. The highest BCUT2D eigenvalue weighted by atomic mass is 16.5. The van der Waals surface area contributed by atoms with Crippen molar-refractivity contribution in [1.29, 1.82) is 0 Å². The van der Waals surface area contributed by atoms with Crippen LogP contribution in [0.5, 0.6) is 0 Å². The number of ether oxygens (including phenoxy) is 4. The third-order valence-corrected chi connectivity index (χ3v) is 1.38. The standard InChI is InChI=1S/C6H14O3.C4H8O2/c1-7-3-5-9-6-4-8-2;1-3-4(5)6-2/h3-6H2,1-2H3;3H2,1-2H3. The van der Waals surface area contributed by atoms with Crippen molar-refractivity contribution in [2.45, 2.75) is 13.3 Å². The van der Waals surface area contributed by atoms with Crippen LogP contribution in [0.15, 0.2) is 0 Å². The molecule has 0 aromatic carbocycles. The van der Waals surface area contributed by atoms with Crippen molar-refractivity contribution in [2.24, 2.45) is 0 Å². The van der Waals surface area contributed by atoms with Crippen LogP contribution in [0.2, 0.25) is 0 Å². The molecule has 0 saturated carbocycles. The Labute approximate surface area is 91.6 Å². The summed E-state index contributed by atoms with van der Waals surface area (Å²) >= 11 is 0. The Kier molecular flexibility index (Phi) is 17.7. The first-order chi connectivity index (χ1) is 7.22. The molecule has 0 heterocycles. The number of hydrogen-bond donors (Lipinski definition) is 0. The van der Waals surface area contributed by atoms with Crippen LogP contribution in [0, 0.1) is 0 Å². The monoisotopic (exact) mass is 222 g/mol. The Morgan fingerprint density at radius 3 is 1.60 bits per heavy atom. The van der Waals surface area contributed by atoms with Gasteiger partial charge in [-0.1, -0.05) is 6.92 Å².